The predicted molar refractivity (Wildman–Crippen MR) is 260 cm³/mol. The quantitative estimate of drug-likeness (QED) is 0.168. The van der Waals surface area contributed by atoms with Gasteiger partial charge in [0.25, 0.3) is 0 Å². The Morgan fingerprint density at radius 1 is 0.226 bits per heavy atom. The second kappa shape index (κ2) is 13.6. The summed E-state index contributed by atoms with van der Waals surface area (Å²) in [5.41, 5.74) is 9.87. The van der Waals surface area contributed by atoms with Gasteiger partial charge in [-0.15, -0.1) is 0 Å². The smallest absolute Gasteiger partial charge is 0.178 e. The summed E-state index contributed by atoms with van der Waals surface area (Å²) in [6.07, 6.45) is 0. The molecule has 0 atom stereocenters. The Morgan fingerprint density at radius 2 is 0.597 bits per heavy atom. The molecule has 13 rings (SSSR count). The zero-order chi connectivity index (χ0) is 40.7. The first kappa shape index (κ1) is 34.5. The summed E-state index contributed by atoms with van der Waals surface area (Å²) >= 11 is 0. The second-order valence-corrected chi connectivity index (χ2v) is 16.1. The lowest BCUT2D eigenvalue weighted by molar-refractivity contribution is 0.637. The summed E-state index contributed by atoms with van der Waals surface area (Å²) in [6.45, 7) is 0. The van der Waals surface area contributed by atoms with Gasteiger partial charge in [0.2, 0.25) is 0 Å². The number of hydrogen-bond donors (Lipinski definition) is 0. The van der Waals surface area contributed by atoms with Crippen LogP contribution in [0.1, 0.15) is 0 Å². The fourth-order valence-electron chi connectivity index (χ4n) is 9.71. The minimum absolute atomic E-state index is 0.767. The van der Waals surface area contributed by atoms with Crippen molar-refractivity contribution in [1.29, 1.82) is 0 Å². The maximum atomic E-state index is 6.92. The van der Waals surface area contributed by atoms with Crippen molar-refractivity contribution in [2.75, 3.05) is 9.80 Å². The van der Waals surface area contributed by atoms with Crippen LogP contribution in [-0.4, -0.2) is 0 Å². The van der Waals surface area contributed by atoms with E-state index in [-0.39, 0.29) is 0 Å². The number of furan rings is 2. The Balaban J connectivity index is 0.947. The number of rotatable bonds is 6. The SMILES string of the molecule is c1ccc(N(c2ccc3c(ccc4c5ccc6c7ccc8cc(N(c9ccccc9)c9cccc%10ccccc9%10)ccc8c7oc6c5oc34)c2)c2cccc3ccccc23)cc1. The van der Waals surface area contributed by atoms with E-state index >= 15 is 0 Å². The monoisotopic (exact) mass is 792 g/mol. The zero-order valence-corrected chi connectivity index (χ0v) is 33.5. The Labute approximate surface area is 356 Å². The summed E-state index contributed by atoms with van der Waals surface area (Å²) in [5, 5.41) is 13.4. The summed E-state index contributed by atoms with van der Waals surface area (Å²) in [7, 11) is 0. The molecule has 0 N–H and O–H groups in total. The van der Waals surface area contributed by atoms with Crippen LogP contribution in [0.2, 0.25) is 0 Å². The zero-order valence-electron chi connectivity index (χ0n) is 33.5. The van der Waals surface area contributed by atoms with E-state index in [0.717, 1.165) is 99.5 Å². The third-order valence-corrected chi connectivity index (χ3v) is 12.6. The molecular weight excluding hydrogens is 757 g/mol. The number of para-hydroxylation sites is 2. The Hall–Kier alpha value is -8.34. The fourth-order valence-corrected chi connectivity index (χ4v) is 9.71. The number of hydrogen-bond acceptors (Lipinski definition) is 4. The van der Waals surface area contributed by atoms with E-state index in [2.05, 4.69) is 228 Å². The van der Waals surface area contributed by atoms with Crippen molar-refractivity contribution in [2.24, 2.45) is 0 Å². The van der Waals surface area contributed by atoms with E-state index in [1.165, 1.54) is 21.5 Å². The third kappa shape index (κ3) is 5.27. The summed E-state index contributed by atoms with van der Waals surface area (Å²) in [4.78, 5) is 4.69. The molecule has 0 radical (unpaired) electrons. The second-order valence-electron chi connectivity index (χ2n) is 16.1. The van der Waals surface area contributed by atoms with Crippen LogP contribution in [0.25, 0.3) is 87.0 Å². The molecule has 0 amide bonds. The molecule has 0 saturated heterocycles. The van der Waals surface area contributed by atoms with Crippen molar-refractivity contribution >= 4 is 121 Å². The van der Waals surface area contributed by atoms with E-state index in [4.69, 9.17) is 8.83 Å². The average Bonchev–Trinajstić information content (AvgIpc) is 3.92. The Morgan fingerprint density at radius 3 is 1.06 bits per heavy atom. The van der Waals surface area contributed by atoms with Crippen LogP contribution in [0.15, 0.2) is 227 Å². The van der Waals surface area contributed by atoms with Gasteiger partial charge in [-0.3, -0.25) is 0 Å². The molecule has 0 fully saturated rings. The van der Waals surface area contributed by atoms with Crippen molar-refractivity contribution < 1.29 is 8.83 Å². The highest BCUT2D eigenvalue weighted by molar-refractivity contribution is 6.24. The predicted octanol–water partition coefficient (Wildman–Crippen LogP) is 17.0. The molecule has 62 heavy (non-hydrogen) atoms. The first-order valence-corrected chi connectivity index (χ1v) is 21.1. The number of benzene rings is 11. The van der Waals surface area contributed by atoms with E-state index in [1.54, 1.807) is 0 Å². The van der Waals surface area contributed by atoms with Gasteiger partial charge in [0.05, 0.1) is 11.4 Å². The molecule has 290 valence electrons. The molecule has 0 unspecified atom stereocenters. The maximum absolute atomic E-state index is 6.92. The van der Waals surface area contributed by atoms with Gasteiger partial charge in [-0.2, -0.15) is 0 Å². The van der Waals surface area contributed by atoms with E-state index in [9.17, 15) is 0 Å². The van der Waals surface area contributed by atoms with Crippen LogP contribution < -0.4 is 9.80 Å². The first-order valence-electron chi connectivity index (χ1n) is 21.1. The van der Waals surface area contributed by atoms with Gasteiger partial charge in [0, 0.05) is 65.8 Å². The first-order chi connectivity index (χ1) is 30.7. The van der Waals surface area contributed by atoms with Crippen molar-refractivity contribution in [2.45, 2.75) is 0 Å². The molecule has 0 aliphatic carbocycles. The van der Waals surface area contributed by atoms with Gasteiger partial charge in [-0.25, -0.2) is 0 Å². The molecule has 0 saturated carbocycles. The van der Waals surface area contributed by atoms with Crippen molar-refractivity contribution in [3.05, 3.63) is 218 Å². The lowest BCUT2D eigenvalue weighted by Crippen LogP contribution is -2.10. The lowest BCUT2D eigenvalue weighted by atomic mass is 10.0. The van der Waals surface area contributed by atoms with Crippen molar-refractivity contribution in [3.8, 4) is 0 Å². The largest absolute Gasteiger partial charge is 0.451 e. The Bertz CT molecular complexity index is 3620. The van der Waals surface area contributed by atoms with Crippen LogP contribution in [0.5, 0.6) is 0 Å². The lowest BCUT2D eigenvalue weighted by Gasteiger charge is -2.27. The molecule has 0 aliphatic heterocycles. The number of anilines is 6. The molecule has 0 spiro atoms. The van der Waals surface area contributed by atoms with Crippen LogP contribution in [0, 0.1) is 0 Å². The number of nitrogens with zero attached hydrogens (tertiary/aromatic N) is 2. The van der Waals surface area contributed by atoms with Crippen molar-refractivity contribution in [1.82, 2.24) is 0 Å². The molecule has 2 heterocycles. The van der Waals surface area contributed by atoms with Gasteiger partial charge in [-0.05, 0) is 119 Å². The van der Waals surface area contributed by atoms with E-state index < -0.39 is 0 Å². The molecule has 0 aliphatic rings. The highest BCUT2D eigenvalue weighted by Crippen LogP contribution is 2.46. The van der Waals surface area contributed by atoms with Gasteiger partial charge in [0.1, 0.15) is 11.2 Å². The maximum Gasteiger partial charge on any atom is 0.178 e. The van der Waals surface area contributed by atoms with E-state index in [0.29, 0.717) is 0 Å². The molecule has 13 aromatic rings. The highest BCUT2D eigenvalue weighted by atomic mass is 16.4. The normalized spacial score (nSPS) is 11.9. The average molecular weight is 793 g/mol. The van der Waals surface area contributed by atoms with Gasteiger partial charge in [-0.1, -0.05) is 121 Å². The standard InChI is InChI=1S/C58H36N2O2/c1-3-17-41(18-4-1)59(53-23-11-15-37-13-7-9-21-45(37)53)43-27-31-47-39(35-43)25-29-49-51-33-34-52-50-30-26-40-36-44(28-32-48(40)56(50)62-58(52)57(51)61-55(47)49)60(42-19-5-2-6-20-42)54-24-12-16-38-14-8-10-22-46(38)54/h1-36H. The van der Waals surface area contributed by atoms with Crippen molar-refractivity contribution in [3.63, 3.8) is 0 Å². The minimum Gasteiger partial charge on any atom is -0.451 e. The van der Waals surface area contributed by atoms with Crippen LogP contribution in [0.3, 0.4) is 0 Å². The van der Waals surface area contributed by atoms with Crippen LogP contribution in [-0.2, 0) is 0 Å². The molecular formula is C58H36N2O2. The molecule has 4 heteroatoms. The summed E-state index contributed by atoms with van der Waals surface area (Å²) < 4.78 is 13.8. The molecule has 2 aromatic heterocycles. The van der Waals surface area contributed by atoms with E-state index in [1.807, 2.05) is 0 Å². The minimum atomic E-state index is 0.767. The summed E-state index contributed by atoms with van der Waals surface area (Å²) in [5.74, 6) is 0. The number of fused-ring (bicyclic) bond motifs is 13. The fraction of sp³-hybridized carbons (Fsp3) is 0. The van der Waals surface area contributed by atoms with Crippen LogP contribution in [0.4, 0.5) is 34.1 Å². The Kier molecular flexibility index (Phi) is 7.57. The highest BCUT2D eigenvalue weighted by Gasteiger charge is 2.22. The van der Waals surface area contributed by atoms with Gasteiger partial charge >= 0.3 is 0 Å². The summed E-state index contributed by atoms with van der Waals surface area (Å²) in [6, 6.07) is 77.9. The molecule has 4 nitrogen and oxygen atoms in total. The topological polar surface area (TPSA) is 32.8 Å². The third-order valence-electron chi connectivity index (χ3n) is 12.6. The van der Waals surface area contributed by atoms with Gasteiger partial charge in [0.15, 0.2) is 11.2 Å². The molecule has 11 aromatic carbocycles. The molecule has 0 bridgehead atoms. The van der Waals surface area contributed by atoms with Gasteiger partial charge < -0.3 is 18.6 Å². The van der Waals surface area contributed by atoms with Crippen LogP contribution >= 0.6 is 0 Å².